The maximum atomic E-state index is 13.8. The Hall–Kier alpha value is -2.92. The summed E-state index contributed by atoms with van der Waals surface area (Å²) in [5, 5.41) is 3.07. The van der Waals surface area contributed by atoms with Crippen LogP contribution in [0.25, 0.3) is 0 Å². The molecule has 1 unspecified atom stereocenters. The van der Waals surface area contributed by atoms with Gasteiger partial charge >= 0.3 is 0 Å². The van der Waals surface area contributed by atoms with Crippen LogP contribution >= 0.6 is 15.9 Å². The van der Waals surface area contributed by atoms with E-state index in [1.165, 1.54) is 5.56 Å². The zero-order valence-electron chi connectivity index (χ0n) is 20.9. The molecule has 184 valence electrons. The molecule has 0 aliphatic rings. The molecule has 0 aliphatic heterocycles. The molecule has 2 amide bonds. The van der Waals surface area contributed by atoms with Crippen molar-refractivity contribution in [3.63, 3.8) is 0 Å². The van der Waals surface area contributed by atoms with E-state index in [4.69, 9.17) is 0 Å². The summed E-state index contributed by atoms with van der Waals surface area (Å²) in [6.07, 6.45) is 2.63. The summed E-state index contributed by atoms with van der Waals surface area (Å²) in [7, 11) is 0. The number of carbonyl (C=O) groups is 2. The molecule has 1 N–H and O–H groups in total. The third-order valence-corrected chi connectivity index (χ3v) is 6.82. The Morgan fingerprint density at radius 1 is 0.886 bits per heavy atom. The fourth-order valence-electron chi connectivity index (χ4n) is 4.04. The zero-order chi connectivity index (χ0) is 25.2. The van der Waals surface area contributed by atoms with Gasteiger partial charge in [-0.2, -0.15) is 0 Å². The van der Waals surface area contributed by atoms with Crippen molar-refractivity contribution in [2.75, 3.05) is 6.54 Å². The molecular formula is C30H35BrN2O2. The number of benzene rings is 3. The van der Waals surface area contributed by atoms with Gasteiger partial charge in [-0.05, 0) is 60.2 Å². The normalized spacial score (nSPS) is 11.7. The van der Waals surface area contributed by atoms with E-state index >= 15 is 0 Å². The Labute approximate surface area is 217 Å². The van der Waals surface area contributed by atoms with Crippen molar-refractivity contribution in [2.45, 2.75) is 59.0 Å². The number of aryl methyl sites for hydroxylation is 2. The van der Waals surface area contributed by atoms with Crippen molar-refractivity contribution < 1.29 is 9.59 Å². The van der Waals surface area contributed by atoms with Gasteiger partial charge in [-0.15, -0.1) is 0 Å². The second-order valence-corrected chi connectivity index (χ2v) is 10.0. The average molecular weight is 536 g/mol. The number of halogens is 1. The van der Waals surface area contributed by atoms with Crippen LogP contribution in [0.15, 0.2) is 77.3 Å². The Morgan fingerprint density at radius 3 is 2.23 bits per heavy atom. The highest BCUT2D eigenvalue weighted by Crippen LogP contribution is 2.19. The van der Waals surface area contributed by atoms with Crippen LogP contribution in [-0.4, -0.2) is 29.3 Å². The summed E-state index contributed by atoms with van der Waals surface area (Å²) < 4.78 is 0.979. The highest BCUT2D eigenvalue weighted by molar-refractivity contribution is 9.10. The molecule has 4 nitrogen and oxygen atoms in total. The number of unbranched alkanes of at least 4 members (excludes halogenated alkanes) is 1. The van der Waals surface area contributed by atoms with E-state index in [0.29, 0.717) is 19.5 Å². The Morgan fingerprint density at radius 2 is 1.57 bits per heavy atom. The van der Waals surface area contributed by atoms with Crippen molar-refractivity contribution in [2.24, 2.45) is 0 Å². The SMILES string of the molecule is CCCCNC(=O)C(Cc1ccccc1)N(Cc1ccc(Br)cc1)C(=O)Cc1ccc(C)c(C)c1. The summed E-state index contributed by atoms with van der Waals surface area (Å²) in [4.78, 5) is 29.0. The van der Waals surface area contributed by atoms with Crippen LogP contribution in [-0.2, 0) is 29.0 Å². The maximum absolute atomic E-state index is 13.8. The molecule has 3 aromatic rings. The fraction of sp³-hybridized carbons (Fsp3) is 0.333. The van der Waals surface area contributed by atoms with Gasteiger partial charge in [0.1, 0.15) is 6.04 Å². The lowest BCUT2D eigenvalue weighted by Crippen LogP contribution is -2.51. The van der Waals surface area contributed by atoms with E-state index in [0.717, 1.165) is 39.6 Å². The number of nitrogens with zero attached hydrogens (tertiary/aromatic N) is 1. The van der Waals surface area contributed by atoms with E-state index in [1.807, 2.05) is 60.7 Å². The maximum Gasteiger partial charge on any atom is 0.243 e. The van der Waals surface area contributed by atoms with E-state index in [-0.39, 0.29) is 18.2 Å². The van der Waals surface area contributed by atoms with Crippen LogP contribution in [0.3, 0.4) is 0 Å². The molecule has 3 aromatic carbocycles. The van der Waals surface area contributed by atoms with Gasteiger partial charge in [-0.3, -0.25) is 9.59 Å². The second kappa shape index (κ2) is 13.2. The Kier molecular flexibility index (Phi) is 10.1. The van der Waals surface area contributed by atoms with Gasteiger partial charge in [-0.25, -0.2) is 0 Å². The van der Waals surface area contributed by atoms with Crippen LogP contribution in [0.5, 0.6) is 0 Å². The minimum Gasteiger partial charge on any atom is -0.354 e. The monoisotopic (exact) mass is 534 g/mol. The van der Waals surface area contributed by atoms with Gasteiger partial charge < -0.3 is 10.2 Å². The number of hydrogen-bond donors (Lipinski definition) is 1. The Bertz CT molecular complexity index is 1110. The van der Waals surface area contributed by atoms with E-state index in [9.17, 15) is 9.59 Å². The molecular weight excluding hydrogens is 500 g/mol. The first-order chi connectivity index (χ1) is 16.9. The lowest BCUT2D eigenvalue weighted by atomic mass is 10.00. The molecule has 0 heterocycles. The summed E-state index contributed by atoms with van der Waals surface area (Å²) in [6.45, 7) is 7.20. The van der Waals surface area contributed by atoms with Crippen molar-refractivity contribution >= 4 is 27.7 Å². The van der Waals surface area contributed by atoms with E-state index < -0.39 is 6.04 Å². The number of hydrogen-bond acceptors (Lipinski definition) is 2. The molecule has 0 fully saturated rings. The first kappa shape index (κ1) is 26.7. The van der Waals surface area contributed by atoms with Crippen LogP contribution in [0.4, 0.5) is 0 Å². The fourth-order valence-corrected chi connectivity index (χ4v) is 4.30. The van der Waals surface area contributed by atoms with Crippen molar-refractivity contribution in [1.29, 1.82) is 0 Å². The quantitative estimate of drug-likeness (QED) is 0.299. The number of nitrogens with one attached hydrogen (secondary N) is 1. The zero-order valence-corrected chi connectivity index (χ0v) is 22.5. The van der Waals surface area contributed by atoms with Gasteiger partial charge in [0.05, 0.1) is 6.42 Å². The third kappa shape index (κ3) is 8.07. The molecule has 0 radical (unpaired) electrons. The average Bonchev–Trinajstić information content (AvgIpc) is 2.85. The van der Waals surface area contributed by atoms with Crippen molar-refractivity contribution in [1.82, 2.24) is 10.2 Å². The topological polar surface area (TPSA) is 49.4 Å². The largest absolute Gasteiger partial charge is 0.354 e. The van der Waals surface area contributed by atoms with E-state index in [1.54, 1.807) is 4.90 Å². The van der Waals surface area contributed by atoms with Crippen LogP contribution in [0.1, 0.15) is 47.6 Å². The minimum absolute atomic E-state index is 0.0530. The van der Waals surface area contributed by atoms with Crippen molar-refractivity contribution in [3.8, 4) is 0 Å². The second-order valence-electron chi connectivity index (χ2n) is 9.09. The van der Waals surface area contributed by atoms with Crippen LogP contribution < -0.4 is 5.32 Å². The first-order valence-electron chi connectivity index (χ1n) is 12.3. The van der Waals surface area contributed by atoms with Gasteiger partial charge in [0.15, 0.2) is 0 Å². The summed E-state index contributed by atoms with van der Waals surface area (Å²) in [5.74, 6) is -0.157. The van der Waals surface area contributed by atoms with Gasteiger partial charge in [0.2, 0.25) is 11.8 Å². The molecule has 1 atom stereocenters. The summed E-state index contributed by atoms with van der Waals surface area (Å²) in [5.41, 5.74) is 5.34. The first-order valence-corrected chi connectivity index (χ1v) is 13.1. The van der Waals surface area contributed by atoms with Gasteiger partial charge in [-0.1, -0.05) is 89.9 Å². The summed E-state index contributed by atoms with van der Waals surface area (Å²) >= 11 is 3.48. The highest BCUT2D eigenvalue weighted by Gasteiger charge is 2.30. The predicted molar refractivity (Wildman–Crippen MR) is 146 cm³/mol. The molecule has 0 aromatic heterocycles. The highest BCUT2D eigenvalue weighted by atomic mass is 79.9. The number of rotatable bonds is 11. The molecule has 0 aliphatic carbocycles. The predicted octanol–water partition coefficient (Wildman–Crippen LogP) is 6.16. The van der Waals surface area contributed by atoms with Crippen LogP contribution in [0.2, 0.25) is 0 Å². The smallest absolute Gasteiger partial charge is 0.243 e. The third-order valence-electron chi connectivity index (χ3n) is 6.29. The lowest BCUT2D eigenvalue weighted by Gasteiger charge is -2.32. The summed E-state index contributed by atoms with van der Waals surface area (Å²) in [6, 6.07) is 23.4. The number of amides is 2. The number of carbonyl (C=O) groups excluding carboxylic acids is 2. The van der Waals surface area contributed by atoms with Crippen molar-refractivity contribution in [3.05, 3.63) is 105 Å². The van der Waals surface area contributed by atoms with Gasteiger partial charge in [0, 0.05) is 24.0 Å². The Balaban J connectivity index is 1.94. The molecule has 0 bridgehead atoms. The molecule has 3 rings (SSSR count). The molecule has 0 saturated heterocycles. The molecule has 35 heavy (non-hydrogen) atoms. The van der Waals surface area contributed by atoms with Gasteiger partial charge in [0.25, 0.3) is 0 Å². The standard InChI is InChI=1S/C30H35BrN2O2/c1-4-5-17-32-30(35)28(19-24-9-7-6-8-10-24)33(21-25-13-15-27(31)16-14-25)29(34)20-26-12-11-22(2)23(3)18-26/h6-16,18,28H,4-5,17,19-21H2,1-3H3,(H,32,35). The molecule has 0 spiro atoms. The van der Waals surface area contributed by atoms with Crippen LogP contribution in [0, 0.1) is 13.8 Å². The molecule has 0 saturated carbocycles. The minimum atomic E-state index is -0.600. The lowest BCUT2D eigenvalue weighted by molar-refractivity contribution is -0.140. The molecule has 5 heteroatoms. The van der Waals surface area contributed by atoms with E-state index in [2.05, 4.69) is 54.2 Å².